The number of hydrogen-bond acceptors (Lipinski definition) is 4. The van der Waals surface area contributed by atoms with Crippen molar-refractivity contribution in [3.63, 3.8) is 0 Å². The van der Waals surface area contributed by atoms with E-state index in [1.807, 2.05) is 12.3 Å². The molecule has 9 heteroatoms. The van der Waals surface area contributed by atoms with E-state index in [-0.39, 0.29) is 37.0 Å². The highest BCUT2D eigenvalue weighted by molar-refractivity contribution is 7.89. The van der Waals surface area contributed by atoms with E-state index >= 15 is 0 Å². The van der Waals surface area contributed by atoms with Crippen LogP contribution in [0.25, 0.3) is 5.69 Å². The average molecular weight is 414 g/mol. The molecule has 0 spiro atoms. The van der Waals surface area contributed by atoms with Crippen molar-refractivity contribution in [3.05, 3.63) is 78.4 Å². The Morgan fingerprint density at radius 3 is 2.24 bits per heavy atom. The summed E-state index contributed by atoms with van der Waals surface area (Å²) < 4.78 is 42.2. The highest BCUT2D eigenvalue weighted by Crippen LogP contribution is 2.21. The third kappa shape index (κ3) is 3.79. The molecule has 1 aliphatic heterocycles. The van der Waals surface area contributed by atoms with Crippen LogP contribution in [0, 0.1) is 5.82 Å². The van der Waals surface area contributed by atoms with Gasteiger partial charge in [0.1, 0.15) is 10.7 Å². The van der Waals surface area contributed by atoms with Gasteiger partial charge in [-0.15, -0.1) is 0 Å². The second-order valence-electron chi connectivity index (χ2n) is 6.62. The second kappa shape index (κ2) is 7.76. The molecule has 0 aliphatic carbocycles. The minimum atomic E-state index is -3.93. The van der Waals surface area contributed by atoms with Gasteiger partial charge < -0.3 is 4.90 Å². The molecule has 2 heterocycles. The Balaban J connectivity index is 1.43. The van der Waals surface area contributed by atoms with Crippen molar-refractivity contribution in [1.29, 1.82) is 0 Å². The molecule has 0 radical (unpaired) electrons. The summed E-state index contributed by atoms with van der Waals surface area (Å²) in [4.78, 5) is 14.0. The van der Waals surface area contributed by atoms with Crippen LogP contribution in [0.1, 0.15) is 10.4 Å². The third-order valence-corrected chi connectivity index (χ3v) is 6.80. The Hall–Kier alpha value is -3.04. The van der Waals surface area contributed by atoms with E-state index in [0.717, 1.165) is 11.8 Å². The summed E-state index contributed by atoms with van der Waals surface area (Å²) in [5.41, 5.74) is 1.36. The Morgan fingerprint density at radius 1 is 0.931 bits per heavy atom. The quantitative estimate of drug-likeness (QED) is 0.656. The normalized spacial score (nSPS) is 15.4. The minimum absolute atomic E-state index is 0.119. The first-order valence-corrected chi connectivity index (χ1v) is 10.5. The Morgan fingerprint density at radius 2 is 1.62 bits per heavy atom. The van der Waals surface area contributed by atoms with Gasteiger partial charge in [-0.25, -0.2) is 17.5 Å². The van der Waals surface area contributed by atoms with Crippen LogP contribution >= 0.6 is 0 Å². The van der Waals surface area contributed by atoms with Crippen LogP contribution in [0.4, 0.5) is 4.39 Å². The van der Waals surface area contributed by atoms with Crippen molar-refractivity contribution in [2.45, 2.75) is 4.90 Å². The number of aromatic nitrogens is 2. The first-order valence-electron chi connectivity index (χ1n) is 9.11. The molecule has 1 amide bonds. The largest absolute Gasteiger partial charge is 0.336 e. The van der Waals surface area contributed by atoms with Crippen molar-refractivity contribution in [2.75, 3.05) is 26.2 Å². The zero-order chi connectivity index (χ0) is 20.4. The van der Waals surface area contributed by atoms with E-state index < -0.39 is 15.8 Å². The van der Waals surface area contributed by atoms with E-state index in [1.165, 1.54) is 22.5 Å². The van der Waals surface area contributed by atoms with E-state index in [4.69, 9.17) is 0 Å². The van der Waals surface area contributed by atoms with Gasteiger partial charge in [0.25, 0.3) is 5.91 Å². The summed E-state index contributed by atoms with van der Waals surface area (Å²) in [5.74, 6) is -0.941. The minimum Gasteiger partial charge on any atom is -0.336 e. The van der Waals surface area contributed by atoms with E-state index in [2.05, 4.69) is 5.10 Å². The third-order valence-electron chi connectivity index (χ3n) is 4.86. The lowest BCUT2D eigenvalue weighted by Gasteiger charge is -2.34. The molecule has 29 heavy (non-hydrogen) atoms. The zero-order valence-corrected chi connectivity index (χ0v) is 16.3. The number of rotatable bonds is 4. The molecule has 0 bridgehead atoms. The van der Waals surface area contributed by atoms with E-state index in [1.54, 1.807) is 40.0 Å². The topological polar surface area (TPSA) is 75.5 Å². The molecular weight excluding hydrogens is 395 g/mol. The molecule has 1 aromatic heterocycles. The van der Waals surface area contributed by atoms with Gasteiger partial charge in [-0.2, -0.15) is 9.40 Å². The number of carbonyl (C=O) groups excluding carboxylic acids is 1. The highest BCUT2D eigenvalue weighted by Gasteiger charge is 2.32. The predicted molar refractivity (Wildman–Crippen MR) is 105 cm³/mol. The molecule has 0 atom stereocenters. The van der Waals surface area contributed by atoms with Gasteiger partial charge in [-0.1, -0.05) is 12.1 Å². The number of hydrogen-bond donors (Lipinski definition) is 0. The fourth-order valence-electron chi connectivity index (χ4n) is 3.29. The van der Waals surface area contributed by atoms with Crippen LogP contribution in [0.3, 0.4) is 0 Å². The van der Waals surface area contributed by atoms with Crippen LogP contribution < -0.4 is 0 Å². The average Bonchev–Trinajstić information content (AvgIpc) is 3.28. The van der Waals surface area contributed by atoms with Crippen molar-refractivity contribution in [1.82, 2.24) is 19.0 Å². The smallest absolute Gasteiger partial charge is 0.253 e. The summed E-state index contributed by atoms with van der Waals surface area (Å²) in [7, 11) is -3.93. The Labute approximate surface area is 168 Å². The number of piperazine rings is 1. The van der Waals surface area contributed by atoms with Gasteiger partial charge in [0.15, 0.2) is 0 Å². The van der Waals surface area contributed by atoms with Crippen molar-refractivity contribution < 1.29 is 17.6 Å². The van der Waals surface area contributed by atoms with Gasteiger partial charge >= 0.3 is 0 Å². The van der Waals surface area contributed by atoms with E-state index in [0.29, 0.717) is 5.56 Å². The molecule has 150 valence electrons. The molecule has 7 nitrogen and oxygen atoms in total. The number of carbonyl (C=O) groups is 1. The van der Waals surface area contributed by atoms with Crippen LogP contribution in [0.15, 0.2) is 71.9 Å². The van der Waals surface area contributed by atoms with Crippen molar-refractivity contribution in [2.24, 2.45) is 0 Å². The first kappa shape index (κ1) is 19.3. The van der Waals surface area contributed by atoms with Crippen LogP contribution in [-0.2, 0) is 10.0 Å². The van der Waals surface area contributed by atoms with Crippen LogP contribution in [0.5, 0.6) is 0 Å². The lowest BCUT2D eigenvalue weighted by Crippen LogP contribution is -2.50. The summed E-state index contributed by atoms with van der Waals surface area (Å²) >= 11 is 0. The fourth-order valence-corrected chi connectivity index (χ4v) is 4.77. The molecule has 1 saturated heterocycles. The second-order valence-corrected chi connectivity index (χ2v) is 8.53. The number of halogens is 1. The maximum atomic E-state index is 13.9. The Bertz CT molecular complexity index is 1110. The summed E-state index contributed by atoms with van der Waals surface area (Å²) in [6, 6.07) is 14.2. The van der Waals surface area contributed by atoms with Gasteiger partial charge in [0.05, 0.1) is 5.69 Å². The van der Waals surface area contributed by atoms with Crippen LogP contribution in [0.2, 0.25) is 0 Å². The molecule has 3 aromatic rings. The molecule has 0 saturated carbocycles. The zero-order valence-electron chi connectivity index (χ0n) is 15.5. The van der Waals surface area contributed by atoms with Crippen LogP contribution in [-0.4, -0.2) is 59.5 Å². The monoisotopic (exact) mass is 414 g/mol. The fraction of sp³-hybridized carbons (Fsp3) is 0.200. The molecule has 0 N–H and O–H groups in total. The molecule has 2 aromatic carbocycles. The summed E-state index contributed by atoms with van der Waals surface area (Å²) in [6.07, 6.45) is 3.49. The van der Waals surface area contributed by atoms with Crippen molar-refractivity contribution in [3.8, 4) is 5.69 Å². The maximum Gasteiger partial charge on any atom is 0.253 e. The maximum absolute atomic E-state index is 13.9. The molecule has 1 aliphatic rings. The first-order chi connectivity index (χ1) is 14.0. The standard InChI is InChI=1S/C20H19FN4O3S/c21-18-4-1-2-5-19(18)29(27,28)24-14-12-23(13-15-24)20(26)16-6-8-17(9-7-16)25-11-3-10-22-25/h1-11H,12-15H2. The van der Waals surface area contributed by atoms with Gasteiger partial charge in [0.2, 0.25) is 10.0 Å². The number of benzene rings is 2. The highest BCUT2D eigenvalue weighted by atomic mass is 32.2. The lowest BCUT2D eigenvalue weighted by molar-refractivity contribution is 0.0697. The molecule has 0 unspecified atom stereocenters. The number of sulfonamides is 1. The van der Waals surface area contributed by atoms with Gasteiger partial charge in [0, 0.05) is 44.1 Å². The SMILES string of the molecule is O=C(c1ccc(-n2cccn2)cc1)N1CCN(S(=O)(=O)c2ccccc2F)CC1. The molecule has 4 rings (SSSR count). The van der Waals surface area contributed by atoms with Gasteiger partial charge in [-0.05, 0) is 42.5 Å². The molecule has 1 fully saturated rings. The summed E-state index contributed by atoms with van der Waals surface area (Å²) in [6.45, 7) is 0.725. The predicted octanol–water partition coefficient (Wildman–Crippen LogP) is 2.16. The molecular formula is C20H19FN4O3S. The van der Waals surface area contributed by atoms with Gasteiger partial charge in [-0.3, -0.25) is 4.79 Å². The number of nitrogens with zero attached hydrogens (tertiary/aromatic N) is 4. The van der Waals surface area contributed by atoms with Crippen molar-refractivity contribution >= 4 is 15.9 Å². The number of amides is 1. The summed E-state index contributed by atoms with van der Waals surface area (Å²) in [5, 5.41) is 4.15. The Kier molecular flexibility index (Phi) is 5.16. The van der Waals surface area contributed by atoms with E-state index in [9.17, 15) is 17.6 Å². The lowest BCUT2D eigenvalue weighted by atomic mass is 10.1.